The van der Waals surface area contributed by atoms with Crippen LogP contribution in [-0.4, -0.2) is 18.1 Å². The summed E-state index contributed by atoms with van der Waals surface area (Å²) in [4.78, 5) is 3.37. The summed E-state index contributed by atoms with van der Waals surface area (Å²) in [5, 5.41) is 5.54. The number of fused-ring (bicyclic) bond motifs is 1. The summed E-state index contributed by atoms with van der Waals surface area (Å²) in [6, 6.07) is 6.76. The number of aromatic amines is 1. The van der Waals surface area contributed by atoms with Gasteiger partial charge in [0, 0.05) is 28.2 Å². The highest BCUT2D eigenvalue weighted by molar-refractivity contribution is 6.31. The van der Waals surface area contributed by atoms with Crippen LogP contribution in [0.3, 0.4) is 0 Å². The monoisotopic (exact) mass is 262 g/mol. The molecule has 1 heterocycles. The molecule has 1 aromatic heterocycles. The Hall–Kier alpha value is -0.990. The van der Waals surface area contributed by atoms with Crippen molar-refractivity contribution in [2.24, 2.45) is 0 Å². The van der Waals surface area contributed by atoms with Crippen molar-refractivity contribution >= 4 is 22.5 Å². The maximum atomic E-state index is 6.12. The van der Waals surface area contributed by atoms with Gasteiger partial charge in [0.15, 0.2) is 0 Å². The molecule has 1 saturated carbocycles. The van der Waals surface area contributed by atoms with Crippen LogP contribution in [0.15, 0.2) is 24.4 Å². The minimum Gasteiger partial charge on any atom is -0.361 e. The van der Waals surface area contributed by atoms with E-state index in [0.29, 0.717) is 12.0 Å². The molecule has 2 nitrogen and oxygen atoms in total. The van der Waals surface area contributed by atoms with Gasteiger partial charge in [0.05, 0.1) is 0 Å². The van der Waals surface area contributed by atoms with Crippen LogP contribution in [0, 0.1) is 0 Å². The van der Waals surface area contributed by atoms with E-state index >= 15 is 0 Å². The second-order valence-electron chi connectivity index (χ2n) is 5.28. The average molecular weight is 263 g/mol. The van der Waals surface area contributed by atoms with Gasteiger partial charge in [0.1, 0.15) is 0 Å². The molecule has 2 unspecified atom stereocenters. The number of aromatic nitrogens is 1. The molecular formula is C15H19ClN2. The number of rotatable bonds is 2. The summed E-state index contributed by atoms with van der Waals surface area (Å²) in [6.07, 6.45) is 7.30. The van der Waals surface area contributed by atoms with E-state index < -0.39 is 0 Å². The van der Waals surface area contributed by atoms with Crippen molar-refractivity contribution in [2.45, 2.75) is 37.6 Å². The summed E-state index contributed by atoms with van der Waals surface area (Å²) in [6.45, 7) is 0. The standard InChI is InChI=1S/C15H19ClN2/c1-17-12-4-2-3-10(7-12)14-9-18-15-6-5-11(16)8-13(14)15/h5-6,8-10,12,17-18H,2-4,7H2,1H3. The van der Waals surface area contributed by atoms with Gasteiger partial charge in [0.25, 0.3) is 0 Å². The lowest BCUT2D eigenvalue weighted by molar-refractivity contribution is 0.356. The highest BCUT2D eigenvalue weighted by atomic mass is 35.5. The molecule has 18 heavy (non-hydrogen) atoms. The molecule has 2 atom stereocenters. The number of H-pyrrole nitrogens is 1. The lowest BCUT2D eigenvalue weighted by Crippen LogP contribution is -2.30. The van der Waals surface area contributed by atoms with Crippen molar-refractivity contribution in [2.75, 3.05) is 7.05 Å². The molecule has 1 aromatic carbocycles. The Morgan fingerprint density at radius 1 is 1.33 bits per heavy atom. The van der Waals surface area contributed by atoms with Crippen molar-refractivity contribution < 1.29 is 0 Å². The van der Waals surface area contributed by atoms with Crippen LogP contribution < -0.4 is 5.32 Å². The van der Waals surface area contributed by atoms with Gasteiger partial charge in [-0.3, -0.25) is 0 Å². The Labute approximate surface area is 113 Å². The molecule has 1 aliphatic rings. The van der Waals surface area contributed by atoms with E-state index in [0.717, 1.165) is 5.02 Å². The fourth-order valence-corrected chi connectivity index (χ4v) is 3.36. The van der Waals surface area contributed by atoms with E-state index in [-0.39, 0.29) is 0 Å². The number of benzene rings is 1. The van der Waals surface area contributed by atoms with Crippen LogP contribution in [0.5, 0.6) is 0 Å². The maximum absolute atomic E-state index is 6.12. The molecule has 3 heteroatoms. The second-order valence-corrected chi connectivity index (χ2v) is 5.72. The van der Waals surface area contributed by atoms with E-state index in [2.05, 4.69) is 35.7 Å². The molecule has 0 aliphatic heterocycles. The normalized spacial score (nSPS) is 24.6. The molecule has 2 N–H and O–H groups in total. The highest BCUT2D eigenvalue weighted by Crippen LogP contribution is 2.37. The third-order valence-electron chi connectivity index (χ3n) is 4.20. The second kappa shape index (κ2) is 4.94. The van der Waals surface area contributed by atoms with Crippen LogP contribution in [-0.2, 0) is 0 Å². The fourth-order valence-electron chi connectivity index (χ4n) is 3.19. The van der Waals surface area contributed by atoms with Crippen LogP contribution in [0.25, 0.3) is 10.9 Å². The van der Waals surface area contributed by atoms with E-state index in [9.17, 15) is 0 Å². The fraction of sp³-hybridized carbons (Fsp3) is 0.467. The van der Waals surface area contributed by atoms with Crippen LogP contribution in [0.2, 0.25) is 5.02 Å². The van der Waals surface area contributed by atoms with Gasteiger partial charge in [0.2, 0.25) is 0 Å². The Balaban J connectivity index is 1.96. The Morgan fingerprint density at radius 3 is 3.06 bits per heavy atom. The lowest BCUT2D eigenvalue weighted by Gasteiger charge is -2.28. The quantitative estimate of drug-likeness (QED) is 0.839. The first-order valence-electron chi connectivity index (χ1n) is 6.71. The number of halogens is 1. The molecular weight excluding hydrogens is 244 g/mol. The van der Waals surface area contributed by atoms with Crippen molar-refractivity contribution in [3.05, 3.63) is 35.0 Å². The van der Waals surface area contributed by atoms with Crippen molar-refractivity contribution in [1.29, 1.82) is 0 Å². The van der Waals surface area contributed by atoms with E-state index in [1.807, 2.05) is 6.07 Å². The third kappa shape index (κ3) is 2.15. The summed E-state index contributed by atoms with van der Waals surface area (Å²) in [7, 11) is 2.07. The molecule has 1 fully saturated rings. The lowest BCUT2D eigenvalue weighted by atomic mass is 9.81. The van der Waals surface area contributed by atoms with E-state index in [1.165, 1.54) is 42.1 Å². The van der Waals surface area contributed by atoms with Gasteiger partial charge >= 0.3 is 0 Å². The predicted octanol–water partition coefficient (Wildman–Crippen LogP) is 4.07. The number of hydrogen-bond donors (Lipinski definition) is 2. The van der Waals surface area contributed by atoms with Crippen LogP contribution >= 0.6 is 11.6 Å². The van der Waals surface area contributed by atoms with Gasteiger partial charge in [-0.25, -0.2) is 0 Å². The zero-order valence-corrected chi connectivity index (χ0v) is 11.4. The Kier molecular flexibility index (Phi) is 3.31. The molecule has 96 valence electrons. The summed E-state index contributed by atoms with van der Waals surface area (Å²) in [5.74, 6) is 0.656. The third-order valence-corrected chi connectivity index (χ3v) is 4.43. The van der Waals surface area contributed by atoms with Gasteiger partial charge in [-0.1, -0.05) is 18.0 Å². The average Bonchev–Trinajstić information content (AvgIpc) is 2.81. The molecule has 0 amide bonds. The van der Waals surface area contributed by atoms with E-state index in [4.69, 9.17) is 11.6 Å². The molecule has 0 bridgehead atoms. The minimum absolute atomic E-state index is 0.656. The smallest absolute Gasteiger partial charge is 0.0457 e. The molecule has 0 saturated heterocycles. The zero-order chi connectivity index (χ0) is 12.5. The SMILES string of the molecule is CNC1CCCC(c2c[nH]c3ccc(Cl)cc23)C1. The van der Waals surface area contributed by atoms with E-state index in [1.54, 1.807) is 0 Å². The number of hydrogen-bond acceptors (Lipinski definition) is 1. The summed E-state index contributed by atoms with van der Waals surface area (Å²) in [5.41, 5.74) is 2.63. The summed E-state index contributed by atoms with van der Waals surface area (Å²) >= 11 is 6.12. The maximum Gasteiger partial charge on any atom is 0.0457 e. The Morgan fingerprint density at radius 2 is 2.22 bits per heavy atom. The minimum atomic E-state index is 0.656. The summed E-state index contributed by atoms with van der Waals surface area (Å²) < 4.78 is 0. The Bertz CT molecular complexity index is 546. The largest absolute Gasteiger partial charge is 0.361 e. The molecule has 0 radical (unpaired) electrons. The van der Waals surface area contributed by atoms with Crippen molar-refractivity contribution in [1.82, 2.24) is 10.3 Å². The predicted molar refractivity (Wildman–Crippen MR) is 77.4 cm³/mol. The van der Waals surface area contributed by atoms with Crippen LogP contribution in [0.1, 0.15) is 37.2 Å². The van der Waals surface area contributed by atoms with Gasteiger partial charge in [-0.2, -0.15) is 0 Å². The van der Waals surface area contributed by atoms with Crippen molar-refractivity contribution in [3.8, 4) is 0 Å². The highest BCUT2D eigenvalue weighted by Gasteiger charge is 2.24. The molecule has 2 aromatic rings. The van der Waals surface area contributed by atoms with Crippen LogP contribution in [0.4, 0.5) is 0 Å². The molecule has 1 aliphatic carbocycles. The first kappa shape index (κ1) is 12.1. The topological polar surface area (TPSA) is 27.8 Å². The first-order valence-corrected chi connectivity index (χ1v) is 7.09. The zero-order valence-electron chi connectivity index (χ0n) is 10.7. The van der Waals surface area contributed by atoms with Gasteiger partial charge in [-0.05, 0) is 56.0 Å². The van der Waals surface area contributed by atoms with Crippen molar-refractivity contribution in [3.63, 3.8) is 0 Å². The molecule has 0 spiro atoms. The van der Waals surface area contributed by atoms with Gasteiger partial charge in [-0.15, -0.1) is 0 Å². The molecule has 3 rings (SSSR count). The first-order chi connectivity index (χ1) is 8.78. The number of nitrogens with one attached hydrogen (secondary N) is 2. The van der Waals surface area contributed by atoms with Gasteiger partial charge < -0.3 is 10.3 Å².